The van der Waals surface area contributed by atoms with Crippen molar-refractivity contribution < 1.29 is 4.74 Å². The summed E-state index contributed by atoms with van der Waals surface area (Å²) in [4.78, 5) is 19.7. The maximum Gasteiger partial charge on any atom is 0.271 e. The Labute approximate surface area is 237 Å². The molecular formula is C28H19Br3N2O2S. The molecule has 1 aliphatic carbocycles. The molecule has 2 aliphatic rings. The largest absolute Gasteiger partial charge is 0.494 e. The van der Waals surface area contributed by atoms with Gasteiger partial charge in [0.15, 0.2) is 4.80 Å². The predicted molar refractivity (Wildman–Crippen MR) is 155 cm³/mol. The Morgan fingerprint density at radius 3 is 2.47 bits per heavy atom. The molecule has 0 bridgehead atoms. The fraction of sp³-hybridized carbons (Fsp3) is 0.143. The van der Waals surface area contributed by atoms with E-state index in [0.29, 0.717) is 4.53 Å². The van der Waals surface area contributed by atoms with Gasteiger partial charge in [-0.3, -0.25) is 9.36 Å². The van der Waals surface area contributed by atoms with Gasteiger partial charge in [0.05, 0.1) is 32.3 Å². The fourth-order valence-electron chi connectivity index (χ4n) is 4.98. The van der Waals surface area contributed by atoms with Crippen molar-refractivity contribution in [3.8, 4) is 5.75 Å². The van der Waals surface area contributed by atoms with Crippen LogP contribution in [-0.2, 0) is 6.42 Å². The summed E-state index contributed by atoms with van der Waals surface area (Å²) in [6.45, 7) is 0. The molecular weight excluding hydrogens is 668 g/mol. The zero-order valence-corrected chi connectivity index (χ0v) is 24.7. The van der Waals surface area contributed by atoms with E-state index in [1.807, 2.05) is 34.9 Å². The van der Waals surface area contributed by atoms with E-state index in [1.54, 1.807) is 7.11 Å². The maximum atomic E-state index is 13.9. The van der Waals surface area contributed by atoms with Gasteiger partial charge in [0.2, 0.25) is 0 Å². The Kier molecular flexibility index (Phi) is 6.40. The van der Waals surface area contributed by atoms with Gasteiger partial charge >= 0.3 is 0 Å². The number of methoxy groups -OCH3 is 1. The lowest BCUT2D eigenvalue weighted by atomic mass is 9.83. The van der Waals surface area contributed by atoms with E-state index in [2.05, 4.69) is 84.2 Å². The van der Waals surface area contributed by atoms with Crippen molar-refractivity contribution in [1.29, 1.82) is 0 Å². The minimum absolute atomic E-state index is 0.0276. The number of aromatic nitrogens is 1. The molecule has 4 nitrogen and oxygen atoms in total. The molecule has 0 fully saturated rings. The zero-order valence-electron chi connectivity index (χ0n) is 19.1. The average molecular weight is 687 g/mol. The van der Waals surface area contributed by atoms with Crippen molar-refractivity contribution in [3.63, 3.8) is 0 Å². The molecule has 36 heavy (non-hydrogen) atoms. The minimum Gasteiger partial charge on any atom is -0.494 e. The molecule has 6 rings (SSSR count). The number of aryl methyl sites for hydroxylation is 1. The third kappa shape index (κ3) is 4.08. The van der Waals surface area contributed by atoms with Crippen LogP contribution in [0, 0.1) is 0 Å². The molecule has 1 aromatic heterocycles. The van der Waals surface area contributed by atoms with Gasteiger partial charge in [-0.1, -0.05) is 63.7 Å². The van der Waals surface area contributed by atoms with Crippen LogP contribution >= 0.6 is 59.1 Å². The van der Waals surface area contributed by atoms with E-state index in [9.17, 15) is 4.79 Å². The van der Waals surface area contributed by atoms with Crippen molar-refractivity contribution in [1.82, 2.24) is 4.57 Å². The number of nitrogens with zero attached hydrogens (tertiary/aromatic N) is 2. The lowest BCUT2D eigenvalue weighted by molar-refractivity contribution is 0.409. The van der Waals surface area contributed by atoms with Gasteiger partial charge in [0.1, 0.15) is 5.75 Å². The van der Waals surface area contributed by atoms with Crippen LogP contribution in [0.1, 0.15) is 34.7 Å². The van der Waals surface area contributed by atoms with Crippen LogP contribution in [0.3, 0.4) is 0 Å². The molecule has 0 amide bonds. The van der Waals surface area contributed by atoms with Crippen LogP contribution in [0.2, 0.25) is 0 Å². The quantitative estimate of drug-likeness (QED) is 0.244. The first-order valence-electron chi connectivity index (χ1n) is 11.4. The Morgan fingerprint density at radius 2 is 1.75 bits per heavy atom. The third-order valence-electron chi connectivity index (χ3n) is 6.58. The van der Waals surface area contributed by atoms with Crippen LogP contribution < -0.4 is 19.6 Å². The summed E-state index contributed by atoms with van der Waals surface area (Å²) in [6.07, 6.45) is 3.74. The summed E-state index contributed by atoms with van der Waals surface area (Å²) < 4.78 is 10.6. The first kappa shape index (κ1) is 24.1. The van der Waals surface area contributed by atoms with Crippen molar-refractivity contribution in [2.24, 2.45) is 4.99 Å². The topological polar surface area (TPSA) is 43.6 Å². The number of halogens is 3. The Morgan fingerprint density at radius 1 is 1.03 bits per heavy atom. The molecule has 180 valence electrons. The van der Waals surface area contributed by atoms with E-state index in [0.717, 1.165) is 53.6 Å². The van der Waals surface area contributed by atoms with E-state index in [4.69, 9.17) is 9.73 Å². The minimum atomic E-state index is -0.186. The van der Waals surface area contributed by atoms with Crippen molar-refractivity contribution >= 4 is 70.9 Å². The Hall–Kier alpha value is -2.26. The van der Waals surface area contributed by atoms with Crippen molar-refractivity contribution in [3.05, 3.63) is 122 Å². The second kappa shape index (κ2) is 9.56. The maximum absolute atomic E-state index is 13.9. The van der Waals surface area contributed by atoms with Crippen LogP contribution in [-0.4, -0.2) is 11.7 Å². The summed E-state index contributed by atoms with van der Waals surface area (Å²) >= 11 is 12.1. The lowest BCUT2D eigenvalue weighted by Gasteiger charge is -2.30. The Bertz CT molecular complexity index is 1710. The van der Waals surface area contributed by atoms with E-state index in [1.165, 1.54) is 28.0 Å². The number of benzene rings is 3. The van der Waals surface area contributed by atoms with Gasteiger partial charge in [0.25, 0.3) is 5.56 Å². The van der Waals surface area contributed by atoms with E-state index < -0.39 is 0 Å². The number of thiazole rings is 1. The fourth-order valence-corrected chi connectivity index (χ4v) is 7.79. The molecule has 4 aromatic rings. The molecule has 0 radical (unpaired) electrons. The summed E-state index contributed by atoms with van der Waals surface area (Å²) in [5.74, 6) is 0.718. The molecule has 0 saturated heterocycles. The second-order valence-corrected chi connectivity index (χ2v) is 12.3. The monoisotopic (exact) mass is 684 g/mol. The first-order chi connectivity index (χ1) is 17.4. The zero-order chi connectivity index (χ0) is 25.0. The smallest absolute Gasteiger partial charge is 0.271 e. The van der Waals surface area contributed by atoms with Gasteiger partial charge in [-0.2, -0.15) is 0 Å². The summed E-state index contributed by atoms with van der Waals surface area (Å²) in [5, 5.41) is 0. The van der Waals surface area contributed by atoms with E-state index >= 15 is 0 Å². The number of allylic oxidation sites excluding steroid dienone is 1. The lowest BCUT2D eigenvalue weighted by Crippen LogP contribution is -2.38. The number of rotatable bonds is 3. The van der Waals surface area contributed by atoms with Crippen LogP contribution in [0.5, 0.6) is 5.75 Å². The van der Waals surface area contributed by atoms with Crippen molar-refractivity contribution in [2.45, 2.75) is 18.9 Å². The number of hydrogen-bond donors (Lipinski definition) is 0. The number of fused-ring (bicyclic) bond motifs is 3. The third-order valence-corrected chi connectivity index (χ3v) is 9.27. The highest BCUT2D eigenvalue weighted by Crippen LogP contribution is 2.41. The molecule has 3 aromatic carbocycles. The Balaban J connectivity index is 1.60. The summed E-state index contributed by atoms with van der Waals surface area (Å²) in [6, 6.07) is 20.5. The highest BCUT2D eigenvalue weighted by molar-refractivity contribution is 9.11. The SMILES string of the molecule is COc1c(Br)cc(/C=c2\sc3n(c2=O)[C@H](c2ccc(Br)cc2)C2=C(N=3)c3ccccc3CC2)cc1Br. The molecule has 2 heterocycles. The van der Waals surface area contributed by atoms with Gasteiger partial charge in [-0.05, 0) is 97.3 Å². The standard InChI is InChI=1S/C28H19Br3N2O2S/c1-35-26-21(30)12-15(13-22(26)31)14-23-27(34)33-25(17-6-9-18(29)10-7-17)20-11-8-16-4-2-3-5-19(16)24(20)32-28(33)36-23/h2-7,9-10,12-14,25H,8,11H2,1H3/b23-14-/t25-/m1/s1. The van der Waals surface area contributed by atoms with Gasteiger partial charge < -0.3 is 4.74 Å². The summed E-state index contributed by atoms with van der Waals surface area (Å²) in [5.41, 5.74) is 6.64. The molecule has 0 unspecified atom stereocenters. The molecule has 0 saturated carbocycles. The van der Waals surface area contributed by atoms with Crippen LogP contribution in [0.4, 0.5) is 0 Å². The first-order valence-corrected chi connectivity index (χ1v) is 14.6. The predicted octanol–water partition coefficient (Wildman–Crippen LogP) is 6.61. The molecule has 1 aliphatic heterocycles. The van der Waals surface area contributed by atoms with Crippen LogP contribution in [0.15, 0.2) is 89.4 Å². The van der Waals surface area contributed by atoms with Gasteiger partial charge in [-0.15, -0.1) is 0 Å². The molecule has 0 spiro atoms. The normalized spacial score (nSPS) is 16.8. The average Bonchev–Trinajstić information content (AvgIpc) is 3.17. The van der Waals surface area contributed by atoms with Crippen LogP contribution in [0.25, 0.3) is 11.8 Å². The van der Waals surface area contributed by atoms with Crippen molar-refractivity contribution in [2.75, 3.05) is 7.11 Å². The number of ether oxygens (including phenoxy) is 1. The highest BCUT2D eigenvalue weighted by atomic mass is 79.9. The van der Waals surface area contributed by atoms with Gasteiger partial charge in [0, 0.05) is 10.0 Å². The molecule has 1 atom stereocenters. The second-order valence-electron chi connectivity index (χ2n) is 8.68. The molecule has 8 heteroatoms. The number of hydrogen-bond acceptors (Lipinski definition) is 4. The highest BCUT2D eigenvalue weighted by Gasteiger charge is 2.32. The van der Waals surface area contributed by atoms with E-state index in [-0.39, 0.29) is 11.6 Å². The summed E-state index contributed by atoms with van der Waals surface area (Å²) in [7, 11) is 1.63. The van der Waals surface area contributed by atoms with Gasteiger partial charge in [-0.25, -0.2) is 4.99 Å². The molecule has 0 N–H and O–H groups in total.